The topological polar surface area (TPSA) is 20.5 Å². The van der Waals surface area contributed by atoms with E-state index in [1.165, 1.54) is 43.4 Å². The van der Waals surface area contributed by atoms with E-state index >= 15 is 0 Å². The van der Waals surface area contributed by atoms with Gasteiger partial charge in [-0.05, 0) is 76.0 Å². The first kappa shape index (κ1) is 23.2. The average molecular weight is 504 g/mol. The average Bonchev–Trinajstić information content (AvgIpc) is 3.30. The van der Waals surface area contributed by atoms with E-state index in [2.05, 4.69) is 139 Å². The minimum absolute atomic E-state index is 1.01. The van der Waals surface area contributed by atoms with Gasteiger partial charge in [0, 0.05) is 28.4 Å². The summed E-state index contributed by atoms with van der Waals surface area (Å²) in [6, 6.07) is 45.4. The molecule has 0 aliphatic rings. The summed E-state index contributed by atoms with van der Waals surface area (Å²) in [4.78, 5) is 0. The van der Waals surface area contributed by atoms with E-state index in [9.17, 15) is 0 Å². The SMILES string of the molecule is CCCn1c2ccccc2c2cc(/C=N\N(c3ccc4ccccc4c3)c3ccc4ccccc4c3)ccc21. The number of aryl methyl sites for hydroxylation is 1. The van der Waals surface area contributed by atoms with Crippen molar-refractivity contribution in [3.05, 3.63) is 133 Å². The minimum Gasteiger partial charge on any atom is -0.340 e. The molecular weight excluding hydrogens is 474 g/mol. The molecule has 0 saturated carbocycles. The summed E-state index contributed by atoms with van der Waals surface area (Å²) in [7, 11) is 0. The van der Waals surface area contributed by atoms with Crippen LogP contribution in [0.5, 0.6) is 0 Å². The van der Waals surface area contributed by atoms with Gasteiger partial charge in [-0.1, -0.05) is 91.9 Å². The lowest BCUT2D eigenvalue weighted by molar-refractivity contribution is 0.724. The molecule has 188 valence electrons. The van der Waals surface area contributed by atoms with Crippen LogP contribution in [0.3, 0.4) is 0 Å². The summed E-state index contributed by atoms with van der Waals surface area (Å²) in [6.07, 6.45) is 3.08. The van der Waals surface area contributed by atoms with E-state index in [0.717, 1.165) is 29.9 Å². The molecular formula is C36H29N3. The predicted molar refractivity (Wildman–Crippen MR) is 167 cm³/mol. The fourth-order valence-corrected chi connectivity index (χ4v) is 5.64. The zero-order valence-corrected chi connectivity index (χ0v) is 22.0. The molecule has 6 aromatic carbocycles. The number of hydrazone groups is 1. The van der Waals surface area contributed by atoms with Crippen molar-refractivity contribution >= 4 is 60.9 Å². The molecule has 1 aromatic heterocycles. The number of nitrogens with zero attached hydrogens (tertiary/aromatic N) is 3. The van der Waals surface area contributed by atoms with E-state index in [0.29, 0.717) is 0 Å². The lowest BCUT2D eigenvalue weighted by Gasteiger charge is -2.20. The molecule has 0 aliphatic heterocycles. The van der Waals surface area contributed by atoms with Crippen LogP contribution in [0.4, 0.5) is 11.4 Å². The number of hydrogen-bond donors (Lipinski definition) is 0. The van der Waals surface area contributed by atoms with Gasteiger partial charge in [0.25, 0.3) is 0 Å². The van der Waals surface area contributed by atoms with Crippen molar-refractivity contribution in [1.29, 1.82) is 0 Å². The Balaban J connectivity index is 1.35. The molecule has 0 saturated heterocycles. The molecule has 7 aromatic rings. The van der Waals surface area contributed by atoms with Crippen LogP contribution < -0.4 is 5.01 Å². The van der Waals surface area contributed by atoms with Crippen LogP contribution in [0.15, 0.2) is 132 Å². The Kier molecular flexibility index (Phi) is 5.82. The number of para-hydroxylation sites is 1. The van der Waals surface area contributed by atoms with Crippen molar-refractivity contribution < 1.29 is 0 Å². The molecule has 3 nitrogen and oxygen atoms in total. The lowest BCUT2D eigenvalue weighted by Crippen LogP contribution is -2.09. The van der Waals surface area contributed by atoms with Crippen LogP contribution in [-0.2, 0) is 6.54 Å². The van der Waals surface area contributed by atoms with Gasteiger partial charge in [0.05, 0.1) is 17.6 Å². The largest absolute Gasteiger partial charge is 0.340 e. The van der Waals surface area contributed by atoms with Gasteiger partial charge in [0.2, 0.25) is 0 Å². The first-order valence-electron chi connectivity index (χ1n) is 13.6. The van der Waals surface area contributed by atoms with E-state index < -0.39 is 0 Å². The van der Waals surface area contributed by atoms with Gasteiger partial charge in [-0.2, -0.15) is 5.10 Å². The van der Waals surface area contributed by atoms with Gasteiger partial charge in [-0.3, -0.25) is 0 Å². The van der Waals surface area contributed by atoms with Gasteiger partial charge >= 0.3 is 0 Å². The molecule has 0 radical (unpaired) electrons. The quantitative estimate of drug-likeness (QED) is 0.163. The highest BCUT2D eigenvalue weighted by molar-refractivity contribution is 6.09. The monoisotopic (exact) mass is 503 g/mol. The van der Waals surface area contributed by atoms with Gasteiger partial charge in [-0.15, -0.1) is 0 Å². The van der Waals surface area contributed by atoms with Crippen molar-refractivity contribution in [3.8, 4) is 0 Å². The highest BCUT2D eigenvalue weighted by Crippen LogP contribution is 2.32. The first-order chi connectivity index (χ1) is 19.3. The molecule has 0 amide bonds. The van der Waals surface area contributed by atoms with Crippen LogP contribution in [0.25, 0.3) is 43.4 Å². The number of hydrogen-bond acceptors (Lipinski definition) is 2. The molecule has 0 bridgehead atoms. The third kappa shape index (κ3) is 4.22. The molecule has 0 N–H and O–H groups in total. The maximum absolute atomic E-state index is 5.08. The Morgan fingerprint density at radius 1 is 0.590 bits per heavy atom. The highest BCUT2D eigenvalue weighted by Gasteiger charge is 2.12. The minimum atomic E-state index is 1.01. The number of rotatable bonds is 6. The van der Waals surface area contributed by atoms with Crippen molar-refractivity contribution in [2.45, 2.75) is 19.9 Å². The molecule has 0 fully saturated rings. The molecule has 3 heteroatoms. The lowest BCUT2D eigenvalue weighted by atomic mass is 10.1. The number of fused-ring (bicyclic) bond motifs is 5. The Labute approximate surface area is 228 Å². The fraction of sp³-hybridized carbons (Fsp3) is 0.0833. The molecule has 39 heavy (non-hydrogen) atoms. The van der Waals surface area contributed by atoms with Crippen LogP contribution in [0.2, 0.25) is 0 Å². The van der Waals surface area contributed by atoms with E-state index in [1.807, 2.05) is 11.2 Å². The van der Waals surface area contributed by atoms with Crippen LogP contribution in [0, 0.1) is 0 Å². The summed E-state index contributed by atoms with van der Waals surface area (Å²) in [5, 5.41) is 14.5. The summed E-state index contributed by atoms with van der Waals surface area (Å²) >= 11 is 0. The molecule has 0 atom stereocenters. The Morgan fingerprint density at radius 3 is 1.85 bits per heavy atom. The maximum Gasteiger partial charge on any atom is 0.0659 e. The van der Waals surface area contributed by atoms with E-state index in [4.69, 9.17) is 5.10 Å². The summed E-state index contributed by atoms with van der Waals surface area (Å²) < 4.78 is 2.43. The number of aromatic nitrogens is 1. The summed E-state index contributed by atoms with van der Waals surface area (Å²) in [5.74, 6) is 0. The standard InChI is InChI=1S/C36H29N3/c1-2-21-38-35-14-8-7-13-33(35)34-22-26(15-20-36(34)38)25-37-39(31-18-16-27-9-3-5-11-29(27)23-31)32-19-17-28-10-4-6-12-30(28)24-32/h3-20,22-25H,2,21H2,1H3/b37-25-. The normalized spacial score (nSPS) is 11.8. The molecule has 7 rings (SSSR count). The Hall–Kier alpha value is -4.89. The molecule has 0 spiro atoms. The van der Waals surface area contributed by atoms with E-state index in [-0.39, 0.29) is 0 Å². The van der Waals surface area contributed by atoms with Crippen molar-refractivity contribution in [2.75, 3.05) is 5.01 Å². The van der Waals surface area contributed by atoms with Gasteiger partial charge in [0.1, 0.15) is 0 Å². The first-order valence-corrected chi connectivity index (χ1v) is 13.6. The zero-order chi connectivity index (χ0) is 26.2. The maximum atomic E-state index is 5.08. The fourth-order valence-electron chi connectivity index (χ4n) is 5.64. The van der Waals surface area contributed by atoms with Gasteiger partial charge in [-0.25, -0.2) is 5.01 Å². The zero-order valence-electron chi connectivity index (χ0n) is 22.0. The predicted octanol–water partition coefficient (Wildman–Crippen LogP) is 9.68. The smallest absolute Gasteiger partial charge is 0.0659 e. The van der Waals surface area contributed by atoms with Crippen LogP contribution >= 0.6 is 0 Å². The summed E-state index contributed by atoms with van der Waals surface area (Å²) in [6.45, 7) is 3.24. The van der Waals surface area contributed by atoms with Gasteiger partial charge in [0.15, 0.2) is 0 Å². The van der Waals surface area contributed by atoms with Crippen molar-refractivity contribution in [3.63, 3.8) is 0 Å². The van der Waals surface area contributed by atoms with Crippen molar-refractivity contribution in [2.24, 2.45) is 5.10 Å². The van der Waals surface area contributed by atoms with Crippen LogP contribution in [0.1, 0.15) is 18.9 Å². The second-order valence-electron chi connectivity index (χ2n) is 10.1. The van der Waals surface area contributed by atoms with Crippen LogP contribution in [-0.4, -0.2) is 10.8 Å². The van der Waals surface area contributed by atoms with Crippen molar-refractivity contribution in [1.82, 2.24) is 4.57 Å². The summed E-state index contributed by atoms with van der Waals surface area (Å²) in [5.41, 5.74) is 5.70. The Morgan fingerprint density at radius 2 is 1.18 bits per heavy atom. The third-order valence-corrected chi connectivity index (χ3v) is 7.52. The van der Waals surface area contributed by atoms with E-state index in [1.54, 1.807) is 0 Å². The molecule has 1 heterocycles. The molecule has 0 aliphatic carbocycles. The molecule has 0 unspecified atom stereocenters. The number of anilines is 2. The highest BCUT2D eigenvalue weighted by atomic mass is 15.5. The number of benzene rings is 6. The third-order valence-electron chi connectivity index (χ3n) is 7.52. The second kappa shape index (κ2) is 9.77. The Bertz CT molecular complexity index is 1920. The second-order valence-corrected chi connectivity index (χ2v) is 10.1. The van der Waals surface area contributed by atoms with Gasteiger partial charge < -0.3 is 4.57 Å².